The zero-order chi connectivity index (χ0) is 16.8. The number of nitrogens with zero attached hydrogens (tertiary/aromatic N) is 2. The molecule has 3 N–H and O–H groups in total. The lowest BCUT2D eigenvalue weighted by Gasteiger charge is -2.14. The Morgan fingerprint density at radius 1 is 1.35 bits per heavy atom. The first-order valence-corrected chi connectivity index (χ1v) is 7.87. The van der Waals surface area contributed by atoms with E-state index < -0.39 is 6.10 Å². The van der Waals surface area contributed by atoms with E-state index in [1.165, 1.54) is 0 Å². The number of aliphatic hydroxyl groups excluding tert-OH is 1. The summed E-state index contributed by atoms with van der Waals surface area (Å²) in [6, 6.07) is 9.14. The number of aliphatic hydroxyl groups is 1. The number of rotatable bonds is 6. The predicted octanol–water partition coefficient (Wildman–Crippen LogP) is 2.77. The molecule has 0 bridgehead atoms. The van der Waals surface area contributed by atoms with Gasteiger partial charge in [-0.3, -0.25) is 0 Å². The Morgan fingerprint density at radius 2 is 2.09 bits per heavy atom. The van der Waals surface area contributed by atoms with Crippen molar-refractivity contribution in [2.24, 2.45) is 0 Å². The number of amides is 2. The number of carbonyl (C=O) groups excluding carboxylic acids is 1. The smallest absolute Gasteiger partial charge is 0.319 e. The minimum absolute atomic E-state index is 0.238. The number of aryl methyl sites for hydroxylation is 2. The molecule has 1 atom stereocenters. The van der Waals surface area contributed by atoms with Gasteiger partial charge in [0.2, 0.25) is 0 Å². The van der Waals surface area contributed by atoms with Crippen LogP contribution in [-0.4, -0.2) is 33.6 Å². The number of hydrogen-bond donors (Lipinski definition) is 3. The number of para-hydroxylation sites is 2. The third-order valence-electron chi connectivity index (χ3n) is 3.51. The molecule has 2 rings (SSSR count). The number of carbonyl (C=O) groups is 1. The van der Waals surface area contributed by atoms with Gasteiger partial charge in [-0.05, 0) is 38.5 Å². The second-order valence-electron chi connectivity index (χ2n) is 5.63. The van der Waals surface area contributed by atoms with Gasteiger partial charge in [0.25, 0.3) is 0 Å². The summed E-state index contributed by atoms with van der Waals surface area (Å²) in [5.41, 5.74) is 3.39. The highest BCUT2D eigenvalue weighted by atomic mass is 16.3. The lowest BCUT2D eigenvalue weighted by molar-refractivity contribution is 0.162. The zero-order valence-corrected chi connectivity index (χ0v) is 13.8. The summed E-state index contributed by atoms with van der Waals surface area (Å²) in [7, 11) is 0. The Labute approximate surface area is 136 Å². The van der Waals surface area contributed by atoms with Crippen LogP contribution < -0.4 is 10.6 Å². The number of benzene rings is 1. The molecule has 2 amide bonds. The first kappa shape index (κ1) is 17.0. The third-order valence-corrected chi connectivity index (χ3v) is 3.51. The first-order valence-electron chi connectivity index (χ1n) is 7.87. The molecule has 6 heteroatoms. The monoisotopic (exact) mass is 316 g/mol. The normalized spacial score (nSPS) is 12.0. The van der Waals surface area contributed by atoms with Crippen molar-refractivity contribution in [3.8, 4) is 5.69 Å². The van der Waals surface area contributed by atoms with Gasteiger partial charge < -0.3 is 15.7 Å². The molecule has 1 aromatic heterocycles. The SMILES string of the molecule is CCC[C@H](O)CNC(=O)Nc1ccccc1-n1nc(C)cc1C. The van der Waals surface area contributed by atoms with Crippen LogP contribution in [-0.2, 0) is 0 Å². The van der Waals surface area contributed by atoms with Gasteiger partial charge in [0.1, 0.15) is 0 Å². The third kappa shape index (κ3) is 4.56. The van der Waals surface area contributed by atoms with Crippen LogP contribution in [0.2, 0.25) is 0 Å². The van der Waals surface area contributed by atoms with Crippen LogP contribution in [0.4, 0.5) is 10.5 Å². The van der Waals surface area contributed by atoms with Gasteiger partial charge in [0.05, 0.1) is 23.2 Å². The predicted molar refractivity (Wildman–Crippen MR) is 91.0 cm³/mol. The Kier molecular flexibility index (Phi) is 5.76. The Hall–Kier alpha value is -2.34. The topological polar surface area (TPSA) is 79.2 Å². The second-order valence-corrected chi connectivity index (χ2v) is 5.63. The average molecular weight is 316 g/mol. The Morgan fingerprint density at radius 3 is 2.74 bits per heavy atom. The lowest BCUT2D eigenvalue weighted by Crippen LogP contribution is -2.35. The molecule has 0 saturated heterocycles. The van der Waals surface area contributed by atoms with Crippen LogP contribution in [0.3, 0.4) is 0 Å². The molecule has 0 radical (unpaired) electrons. The van der Waals surface area contributed by atoms with Crippen LogP contribution in [0.5, 0.6) is 0 Å². The minimum atomic E-state index is -0.517. The summed E-state index contributed by atoms with van der Waals surface area (Å²) in [6.45, 7) is 6.13. The molecule has 6 nitrogen and oxygen atoms in total. The van der Waals surface area contributed by atoms with Gasteiger partial charge in [-0.15, -0.1) is 0 Å². The number of hydrogen-bond acceptors (Lipinski definition) is 3. The summed E-state index contributed by atoms with van der Waals surface area (Å²) < 4.78 is 1.80. The molecule has 0 fully saturated rings. The molecular formula is C17H24N4O2. The Bertz CT molecular complexity index is 666. The highest BCUT2D eigenvalue weighted by molar-refractivity contribution is 5.91. The van der Waals surface area contributed by atoms with Gasteiger partial charge in [0.15, 0.2) is 0 Å². The maximum Gasteiger partial charge on any atom is 0.319 e. The van der Waals surface area contributed by atoms with E-state index in [0.717, 1.165) is 23.5 Å². The van der Waals surface area contributed by atoms with E-state index in [-0.39, 0.29) is 12.6 Å². The maximum atomic E-state index is 12.0. The second kappa shape index (κ2) is 7.78. The summed E-state index contributed by atoms with van der Waals surface area (Å²) >= 11 is 0. The van der Waals surface area contributed by atoms with Crippen molar-refractivity contribution < 1.29 is 9.90 Å². The van der Waals surface area contributed by atoms with E-state index in [0.29, 0.717) is 12.1 Å². The van der Waals surface area contributed by atoms with Gasteiger partial charge in [-0.2, -0.15) is 5.10 Å². The van der Waals surface area contributed by atoms with Gasteiger partial charge in [-0.1, -0.05) is 25.5 Å². The van der Waals surface area contributed by atoms with E-state index in [1.54, 1.807) is 4.68 Å². The van der Waals surface area contributed by atoms with E-state index in [4.69, 9.17) is 0 Å². The fraction of sp³-hybridized carbons (Fsp3) is 0.412. The van der Waals surface area contributed by atoms with Crippen LogP contribution in [0, 0.1) is 13.8 Å². The molecule has 2 aromatic rings. The lowest BCUT2D eigenvalue weighted by atomic mass is 10.2. The fourth-order valence-electron chi connectivity index (χ4n) is 2.45. The number of nitrogens with one attached hydrogen (secondary N) is 2. The fourth-order valence-corrected chi connectivity index (χ4v) is 2.45. The molecule has 1 aromatic carbocycles. The number of anilines is 1. The zero-order valence-electron chi connectivity index (χ0n) is 13.8. The summed E-state index contributed by atoms with van der Waals surface area (Å²) in [6.07, 6.45) is 1.03. The molecular weight excluding hydrogens is 292 g/mol. The molecule has 124 valence electrons. The summed E-state index contributed by atoms with van der Waals surface area (Å²) in [4.78, 5) is 12.0. The minimum Gasteiger partial charge on any atom is -0.391 e. The van der Waals surface area contributed by atoms with Crippen molar-refractivity contribution in [2.75, 3.05) is 11.9 Å². The standard InChI is InChI=1S/C17H24N4O2/c1-4-7-14(22)11-18-17(23)19-15-8-5-6-9-16(15)21-13(3)10-12(2)20-21/h5-6,8-10,14,22H,4,7,11H2,1-3H3,(H2,18,19,23)/t14-/m0/s1. The number of aromatic nitrogens is 2. The average Bonchev–Trinajstić information content (AvgIpc) is 2.84. The first-order chi connectivity index (χ1) is 11.0. The van der Waals surface area contributed by atoms with E-state index in [2.05, 4.69) is 15.7 Å². The van der Waals surface area contributed by atoms with Crippen molar-refractivity contribution in [2.45, 2.75) is 39.7 Å². The quantitative estimate of drug-likeness (QED) is 0.766. The van der Waals surface area contributed by atoms with Crippen LogP contribution in [0.1, 0.15) is 31.2 Å². The van der Waals surface area contributed by atoms with Crippen LogP contribution in [0.25, 0.3) is 5.69 Å². The number of urea groups is 1. The molecule has 0 aliphatic heterocycles. The molecule has 1 heterocycles. The molecule has 0 unspecified atom stereocenters. The summed E-state index contributed by atoms with van der Waals surface area (Å²) in [5.74, 6) is 0. The Balaban J connectivity index is 2.09. The van der Waals surface area contributed by atoms with Gasteiger partial charge in [0, 0.05) is 12.2 Å². The molecule has 0 spiro atoms. The van der Waals surface area contributed by atoms with Crippen molar-refractivity contribution in [3.05, 3.63) is 41.7 Å². The highest BCUT2D eigenvalue weighted by Crippen LogP contribution is 2.21. The van der Waals surface area contributed by atoms with Gasteiger partial charge in [-0.25, -0.2) is 9.48 Å². The molecule has 0 saturated carbocycles. The van der Waals surface area contributed by atoms with Crippen molar-refractivity contribution in [1.82, 2.24) is 15.1 Å². The van der Waals surface area contributed by atoms with Crippen molar-refractivity contribution in [3.63, 3.8) is 0 Å². The van der Waals surface area contributed by atoms with E-state index in [9.17, 15) is 9.90 Å². The highest BCUT2D eigenvalue weighted by Gasteiger charge is 2.11. The van der Waals surface area contributed by atoms with Crippen molar-refractivity contribution >= 4 is 11.7 Å². The van der Waals surface area contributed by atoms with E-state index in [1.807, 2.05) is 51.1 Å². The molecule has 0 aliphatic rings. The van der Waals surface area contributed by atoms with E-state index >= 15 is 0 Å². The molecule has 23 heavy (non-hydrogen) atoms. The van der Waals surface area contributed by atoms with Crippen molar-refractivity contribution in [1.29, 1.82) is 0 Å². The summed E-state index contributed by atoms with van der Waals surface area (Å²) in [5, 5.41) is 19.6. The van der Waals surface area contributed by atoms with Gasteiger partial charge >= 0.3 is 6.03 Å². The van der Waals surface area contributed by atoms with Crippen LogP contribution in [0.15, 0.2) is 30.3 Å². The van der Waals surface area contributed by atoms with Crippen LogP contribution >= 0.6 is 0 Å². The maximum absolute atomic E-state index is 12.0. The largest absolute Gasteiger partial charge is 0.391 e. The molecule has 0 aliphatic carbocycles.